The standard InChI is InChI=1S/C9H10FN3.2ClH/c10-7-3-6-4-8(1-2-11)13-9(6)12-5-7;;/h3-5H,1-2,11H2,(H,12,13);2*1H. The summed E-state index contributed by atoms with van der Waals surface area (Å²) in [6.07, 6.45) is 1.96. The first kappa shape index (κ1) is 14.2. The highest BCUT2D eigenvalue weighted by Gasteiger charge is 2.01. The van der Waals surface area contributed by atoms with E-state index in [0.717, 1.165) is 17.5 Å². The van der Waals surface area contributed by atoms with Crippen molar-refractivity contribution in [2.24, 2.45) is 5.73 Å². The van der Waals surface area contributed by atoms with Gasteiger partial charge in [0.25, 0.3) is 0 Å². The summed E-state index contributed by atoms with van der Waals surface area (Å²) in [4.78, 5) is 6.98. The smallest absolute Gasteiger partial charge is 0.142 e. The topological polar surface area (TPSA) is 54.7 Å². The van der Waals surface area contributed by atoms with Crippen LogP contribution in [-0.2, 0) is 6.42 Å². The van der Waals surface area contributed by atoms with Crippen molar-refractivity contribution in [2.45, 2.75) is 6.42 Å². The highest BCUT2D eigenvalue weighted by Crippen LogP contribution is 2.13. The van der Waals surface area contributed by atoms with Crippen molar-refractivity contribution in [1.29, 1.82) is 0 Å². The number of hydrogen-bond acceptors (Lipinski definition) is 2. The quantitative estimate of drug-likeness (QED) is 0.859. The summed E-state index contributed by atoms with van der Waals surface area (Å²) in [6.45, 7) is 0.579. The summed E-state index contributed by atoms with van der Waals surface area (Å²) in [7, 11) is 0. The number of aromatic nitrogens is 2. The van der Waals surface area contributed by atoms with E-state index in [2.05, 4.69) is 9.97 Å². The Labute approximate surface area is 99.1 Å². The van der Waals surface area contributed by atoms with Crippen LogP contribution in [-0.4, -0.2) is 16.5 Å². The predicted molar refractivity (Wildman–Crippen MR) is 63.3 cm³/mol. The third-order valence-electron chi connectivity index (χ3n) is 1.91. The summed E-state index contributed by atoms with van der Waals surface area (Å²) in [6, 6.07) is 3.33. The molecule has 0 aliphatic rings. The Morgan fingerprint density at radius 2 is 2.07 bits per heavy atom. The van der Waals surface area contributed by atoms with Gasteiger partial charge in [-0.25, -0.2) is 9.37 Å². The maximum Gasteiger partial charge on any atom is 0.142 e. The maximum atomic E-state index is 12.7. The molecular formula is C9H12Cl2FN3. The van der Waals surface area contributed by atoms with E-state index < -0.39 is 0 Å². The van der Waals surface area contributed by atoms with Gasteiger partial charge in [-0.3, -0.25) is 0 Å². The van der Waals surface area contributed by atoms with Crippen molar-refractivity contribution >= 4 is 35.8 Å². The molecule has 0 bridgehead atoms. The van der Waals surface area contributed by atoms with Crippen LogP contribution in [0.15, 0.2) is 18.3 Å². The van der Waals surface area contributed by atoms with Crippen LogP contribution in [0.1, 0.15) is 5.69 Å². The second-order valence-corrected chi connectivity index (χ2v) is 2.92. The summed E-state index contributed by atoms with van der Waals surface area (Å²) in [5.74, 6) is -0.314. The van der Waals surface area contributed by atoms with Crippen LogP contribution >= 0.6 is 24.8 Å². The Morgan fingerprint density at radius 3 is 2.73 bits per heavy atom. The molecule has 2 heterocycles. The Bertz CT molecular complexity index is 430. The Kier molecular flexibility index (Phi) is 5.57. The molecule has 0 atom stereocenters. The number of nitrogens with zero attached hydrogens (tertiary/aromatic N) is 1. The van der Waals surface area contributed by atoms with Crippen LogP contribution in [0.4, 0.5) is 4.39 Å². The molecule has 3 nitrogen and oxygen atoms in total. The minimum absolute atomic E-state index is 0. The molecule has 0 saturated heterocycles. The fourth-order valence-electron chi connectivity index (χ4n) is 1.34. The molecule has 0 aliphatic carbocycles. The average molecular weight is 252 g/mol. The van der Waals surface area contributed by atoms with Crippen molar-refractivity contribution in [2.75, 3.05) is 6.54 Å². The molecule has 0 saturated carbocycles. The molecule has 0 fully saturated rings. The second kappa shape index (κ2) is 5.90. The molecule has 0 spiro atoms. The molecular weight excluding hydrogens is 240 g/mol. The molecule has 0 aromatic carbocycles. The summed E-state index contributed by atoms with van der Waals surface area (Å²) in [5, 5.41) is 0.795. The molecule has 3 N–H and O–H groups in total. The summed E-state index contributed by atoms with van der Waals surface area (Å²) < 4.78 is 12.7. The van der Waals surface area contributed by atoms with Gasteiger partial charge in [0, 0.05) is 11.1 Å². The number of hydrogen-bond donors (Lipinski definition) is 2. The highest BCUT2D eigenvalue weighted by atomic mass is 35.5. The van der Waals surface area contributed by atoms with Gasteiger partial charge >= 0.3 is 0 Å². The maximum absolute atomic E-state index is 12.7. The fourth-order valence-corrected chi connectivity index (χ4v) is 1.34. The lowest BCUT2D eigenvalue weighted by atomic mass is 10.3. The van der Waals surface area contributed by atoms with Crippen LogP contribution in [0.5, 0.6) is 0 Å². The number of nitrogens with one attached hydrogen (secondary N) is 1. The molecule has 6 heteroatoms. The molecule has 2 aromatic rings. The van der Waals surface area contributed by atoms with E-state index in [4.69, 9.17) is 5.73 Å². The lowest BCUT2D eigenvalue weighted by Gasteiger charge is -1.89. The first-order valence-corrected chi connectivity index (χ1v) is 4.13. The van der Waals surface area contributed by atoms with Gasteiger partial charge in [-0.15, -0.1) is 24.8 Å². The number of pyridine rings is 1. The van der Waals surface area contributed by atoms with Gasteiger partial charge in [0.2, 0.25) is 0 Å². The zero-order chi connectivity index (χ0) is 9.26. The van der Waals surface area contributed by atoms with Gasteiger partial charge in [-0.1, -0.05) is 0 Å². The van der Waals surface area contributed by atoms with Crippen LogP contribution in [0.25, 0.3) is 11.0 Å². The van der Waals surface area contributed by atoms with Crippen LogP contribution < -0.4 is 5.73 Å². The van der Waals surface area contributed by atoms with Gasteiger partial charge in [0.05, 0.1) is 6.20 Å². The largest absolute Gasteiger partial charge is 0.343 e. The van der Waals surface area contributed by atoms with Crippen LogP contribution in [0.2, 0.25) is 0 Å². The first-order valence-electron chi connectivity index (χ1n) is 4.13. The van der Waals surface area contributed by atoms with E-state index in [1.165, 1.54) is 12.3 Å². The lowest BCUT2D eigenvalue weighted by molar-refractivity contribution is 0.624. The van der Waals surface area contributed by atoms with Gasteiger partial charge < -0.3 is 10.7 Å². The molecule has 0 radical (unpaired) electrons. The third-order valence-corrected chi connectivity index (χ3v) is 1.91. The number of rotatable bonds is 2. The molecule has 0 aliphatic heterocycles. The van der Waals surface area contributed by atoms with E-state index in [1.54, 1.807) is 0 Å². The molecule has 84 valence electrons. The number of H-pyrrole nitrogens is 1. The van der Waals surface area contributed by atoms with Gasteiger partial charge in [-0.2, -0.15) is 0 Å². The van der Waals surface area contributed by atoms with Crippen molar-refractivity contribution in [3.8, 4) is 0 Å². The number of aromatic amines is 1. The normalized spacial score (nSPS) is 9.47. The van der Waals surface area contributed by atoms with Crippen LogP contribution in [0, 0.1) is 5.82 Å². The molecule has 0 amide bonds. The summed E-state index contributed by atoms with van der Waals surface area (Å²) >= 11 is 0. The molecule has 2 rings (SSSR count). The van der Waals surface area contributed by atoms with Gasteiger partial charge in [-0.05, 0) is 25.1 Å². The molecule has 0 unspecified atom stereocenters. The zero-order valence-corrected chi connectivity index (χ0v) is 9.50. The van der Waals surface area contributed by atoms with Gasteiger partial charge in [0.15, 0.2) is 0 Å². The van der Waals surface area contributed by atoms with Crippen molar-refractivity contribution in [1.82, 2.24) is 9.97 Å². The van der Waals surface area contributed by atoms with E-state index in [1.807, 2.05) is 6.07 Å². The van der Waals surface area contributed by atoms with Crippen LogP contribution in [0.3, 0.4) is 0 Å². The highest BCUT2D eigenvalue weighted by molar-refractivity contribution is 5.85. The molecule has 15 heavy (non-hydrogen) atoms. The Morgan fingerprint density at radius 1 is 1.33 bits per heavy atom. The predicted octanol–water partition coefficient (Wildman–Crippen LogP) is 2.05. The summed E-state index contributed by atoms with van der Waals surface area (Å²) in [5.41, 5.74) is 7.11. The first-order chi connectivity index (χ1) is 6.29. The van der Waals surface area contributed by atoms with E-state index in [0.29, 0.717) is 12.2 Å². The average Bonchev–Trinajstić information content (AvgIpc) is 2.46. The van der Waals surface area contributed by atoms with Crippen molar-refractivity contribution in [3.05, 3.63) is 29.8 Å². The SMILES string of the molecule is Cl.Cl.NCCc1cc2cc(F)cnc2[nH]1. The Hall–Kier alpha value is -0.840. The second-order valence-electron chi connectivity index (χ2n) is 2.92. The fraction of sp³-hybridized carbons (Fsp3) is 0.222. The van der Waals surface area contributed by atoms with Gasteiger partial charge in [0.1, 0.15) is 11.5 Å². The number of halogens is 3. The van der Waals surface area contributed by atoms with E-state index in [9.17, 15) is 4.39 Å². The lowest BCUT2D eigenvalue weighted by Crippen LogP contribution is -2.02. The third kappa shape index (κ3) is 3.06. The Balaban J connectivity index is 0.000000980. The minimum atomic E-state index is -0.314. The molecule has 2 aromatic heterocycles. The van der Waals surface area contributed by atoms with E-state index >= 15 is 0 Å². The monoisotopic (exact) mass is 251 g/mol. The number of nitrogens with two attached hydrogens (primary N) is 1. The van der Waals surface area contributed by atoms with Crippen molar-refractivity contribution < 1.29 is 4.39 Å². The van der Waals surface area contributed by atoms with Crippen molar-refractivity contribution in [3.63, 3.8) is 0 Å². The minimum Gasteiger partial charge on any atom is -0.343 e. The number of fused-ring (bicyclic) bond motifs is 1. The zero-order valence-electron chi connectivity index (χ0n) is 7.87. The van der Waals surface area contributed by atoms with E-state index in [-0.39, 0.29) is 30.6 Å².